The second-order valence-electron chi connectivity index (χ2n) is 8.33. The second-order valence-corrected chi connectivity index (χ2v) is 14.8. The van der Waals surface area contributed by atoms with Gasteiger partial charge >= 0.3 is 31.7 Å². The third-order valence-electron chi connectivity index (χ3n) is 5.75. The SMILES string of the molecule is CO[Si](C[N+]1(C(C)C)CCCCC1)(OC)OC.O=S(=O)([N-]S(=O)(=O)C(F)(F)C(F)(F)F)C(F)(F)C(F)(F)F. The first-order chi connectivity index (χ1) is 16.7. The van der Waals surface area contributed by atoms with E-state index >= 15 is 0 Å². The van der Waals surface area contributed by atoms with Crippen molar-refractivity contribution in [2.45, 2.75) is 62.0 Å². The molecule has 1 aliphatic rings. The van der Waals surface area contributed by atoms with Gasteiger partial charge in [-0.05, 0) is 33.1 Å². The number of alkyl halides is 10. The summed E-state index contributed by atoms with van der Waals surface area (Å²) in [5.41, 5.74) is 0. The second kappa shape index (κ2) is 12.4. The summed E-state index contributed by atoms with van der Waals surface area (Å²) in [6.07, 6.45) is -9.14. The Balaban J connectivity index is 0.000000735. The average molecular weight is 643 g/mol. The van der Waals surface area contributed by atoms with Gasteiger partial charge in [-0.3, -0.25) is 0 Å². The van der Waals surface area contributed by atoms with Gasteiger partial charge in [0.15, 0.2) is 20.0 Å². The number of quaternary nitrogens is 1. The molecule has 0 unspecified atom stereocenters. The maximum atomic E-state index is 12.3. The van der Waals surface area contributed by atoms with Crippen molar-refractivity contribution in [2.75, 3.05) is 40.6 Å². The predicted octanol–water partition coefficient (Wildman–Crippen LogP) is 4.14. The summed E-state index contributed by atoms with van der Waals surface area (Å²) in [7, 11) is -12.6. The molecule has 0 aromatic rings. The van der Waals surface area contributed by atoms with Crippen LogP contribution in [0.5, 0.6) is 0 Å². The van der Waals surface area contributed by atoms with Gasteiger partial charge in [0.25, 0.3) is 0 Å². The number of piperidine rings is 1. The lowest BCUT2D eigenvalue weighted by Gasteiger charge is -2.47. The Kier molecular flexibility index (Phi) is 12.1. The van der Waals surface area contributed by atoms with Gasteiger partial charge in [-0.25, -0.2) is 16.8 Å². The molecule has 1 heterocycles. The molecule has 0 aliphatic carbocycles. The maximum absolute atomic E-state index is 12.3. The molecule has 1 aliphatic heterocycles. The number of hydrogen-bond donors (Lipinski definition) is 0. The minimum Gasteiger partial charge on any atom is -0.425 e. The molecule has 0 bridgehead atoms. The lowest BCUT2D eigenvalue weighted by Crippen LogP contribution is -2.66. The predicted molar refractivity (Wildman–Crippen MR) is 114 cm³/mol. The monoisotopic (exact) mass is 642 g/mol. The molecule has 9 nitrogen and oxygen atoms in total. The Morgan fingerprint density at radius 2 is 1.03 bits per heavy atom. The molecule has 0 amide bonds. The largest absolute Gasteiger partial charge is 0.558 e. The summed E-state index contributed by atoms with van der Waals surface area (Å²) in [4.78, 5) is 0. The fraction of sp³-hybridized carbons (Fsp3) is 1.00. The highest BCUT2D eigenvalue weighted by atomic mass is 32.3. The van der Waals surface area contributed by atoms with Gasteiger partial charge < -0.3 is 21.9 Å². The zero-order valence-corrected chi connectivity index (χ0v) is 23.3. The van der Waals surface area contributed by atoms with Crippen molar-refractivity contribution in [1.82, 2.24) is 0 Å². The lowest BCUT2D eigenvalue weighted by atomic mass is 10.1. The van der Waals surface area contributed by atoms with Crippen LogP contribution < -0.4 is 0 Å². The zero-order valence-electron chi connectivity index (χ0n) is 20.7. The molecule has 0 spiro atoms. The average Bonchev–Trinajstić information content (AvgIpc) is 2.76. The molecule has 230 valence electrons. The number of hydrogen-bond acceptors (Lipinski definition) is 7. The van der Waals surface area contributed by atoms with Crippen molar-refractivity contribution >= 4 is 28.9 Å². The minimum absolute atomic E-state index is 0.422. The first-order valence-corrected chi connectivity index (χ1v) is 15.2. The molecule has 22 heteroatoms. The van der Waals surface area contributed by atoms with Gasteiger partial charge in [-0.15, -0.1) is 0 Å². The number of sulfonamides is 2. The fourth-order valence-corrected chi connectivity index (χ4v) is 8.05. The van der Waals surface area contributed by atoms with Crippen molar-refractivity contribution in [3.63, 3.8) is 0 Å². The Hall–Kier alpha value is -0.783. The number of nitrogens with zero attached hydrogens (tertiary/aromatic N) is 2. The van der Waals surface area contributed by atoms with Crippen molar-refractivity contribution in [3.05, 3.63) is 4.13 Å². The van der Waals surface area contributed by atoms with E-state index in [9.17, 15) is 60.7 Å². The summed E-state index contributed by atoms with van der Waals surface area (Å²) >= 11 is 0. The third kappa shape index (κ3) is 7.91. The van der Waals surface area contributed by atoms with Crippen LogP contribution in [0.25, 0.3) is 4.13 Å². The Bertz CT molecular complexity index is 917. The van der Waals surface area contributed by atoms with Crippen LogP contribution in [-0.2, 0) is 33.3 Å². The van der Waals surface area contributed by atoms with Crippen molar-refractivity contribution in [2.24, 2.45) is 0 Å². The normalized spacial score (nSPS) is 18.2. The molecule has 1 saturated heterocycles. The number of halogens is 10. The molecule has 1 rings (SSSR count). The first kappa shape index (κ1) is 37.2. The summed E-state index contributed by atoms with van der Waals surface area (Å²) < 4.78 is 179. The van der Waals surface area contributed by atoms with Gasteiger partial charge in [0, 0.05) is 21.3 Å². The van der Waals surface area contributed by atoms with E-state index in [1.807, 2.05) is 0 Å². The van der Waals surface area contributed by atoms with E-state index in [4.69, 9.17) is 13.3 Å². The van der Waals surface area contributed by atoms with Crippen LogP contribution in [0.4, 0.5) is 43.9 Å². The topological polar surface area (TPSA) is 110 Å². The van der Waals surface area contributed by atoms with Crippen LogP contribution in [0.15, 0.2) is 0 Å². The van der Waals surface area contributed by atoms with Crippen LogP contribution >= 0.6 is 0 Å². The summed E-state index contributed by atoms with van der Waals surface area (Å²) in [5, 5.41) is -14.0. The van der Waals surface area contributed by atoms with E-state index in [-0.39, 0.29) is 0 Å². The van der Waals surface area contributed by atoms with Crippen LogP contribution in [0, 0.1) is 0 Å². The Morgan fingerprint density at radius 3 is 1.26 bits per heavy atom. The highest BCUT2D eigenvalue weighted by molar-refractivity contribution is 8.13. The van der Waals surface area contributed by atoms with E-state index in [0.717, 1.165) is 10.7 Å². The summed E-state index contributed by atoms with van der Waals surface area (Å²) in [6.45, 7) is 7.04. The summed E-state index contributed by atoms with van der Waals surface area (Å²) in [5.74, 6) is 0. The Morgan fingerprint density at radius 1 is 0.711 bits per heavy atom. The molecule has 0 radical (unpaired) electrons. The molecule has 0 atom stereocenters. The maximum Gasteiger partial charge on any atom is 0.558 e. The summed E-state index contributed by atoms with van der Waals surface area (Å²) in [6, 6.07) is 0.600. The number of rotatable bonds is 10. The van der Waals surface area contributed by atoms with E-state index in [0.29, 0.717) is 10.2 Å². The van der Waals surface area contributed by atoms with Crippen LogP contribution in [0.3, 0.4) is 0 Å². The minimum atomic E-state index is -7.62. The highest BCUT2D eigenvalue weighted by Gasteiger charge is 2.68. The number of likely N-dealkylation sites (tertiary alicyclic amines) is 1. The highest BCUT2D eigenvalue weighted by Crippen LogP contribution is 2.47. The van der Waals surface area contributed by atoms with Crippen molar-refractivity contribution < 1.29 is 78.5 Å². The van der Waals surface area contributed by atoms with Crippen molar-refractivity contribution in [1.29, 1.82) is 0 Å². The van der Waals surface area contributed by atoms with Gasteiger partial charge in [0.2, 0.25) is 0 Å². The molecular formula is C16H28F10N2O7S2Si. The van der Waals surface area contributed by atoms with Crippen molar-refractivity contribution in [3.8, 4) is 0 Å². The van der Waals surface area contributed by atoms with Crippen LogP contribution in [-0.4, -0.2) is 99.6 Å². The standard InChI is InChI=1S/C12H28NO3Si.C4F10NO4S2/c1-12(2)13(9-7-6-8-10-13)11-17(14-3,15-4)16-5;5-1(6,7)3(11,12)20(16,17)15-21(18,19)4(13,14)2(8,9)10/h12H,6-11H2,1-5H3;/q+1;-1. The molecule has 38 heavy (non-hydrogen) atoms. The zero-order chi connectivity index (χ0) is 30.6. The molecule has 0 saturated carbocycles. The lowest BCUT2D eigenvalue weighted by molar-refractivity contribution is -0.945. The van der Waals surface area contributed by atoms with Crippen LogP contribution in [0.1, 0.15) is 33.1 Å². The Labute approximate surface area is 214 Å². The van der Waals surface area contributed by atoms with E-state index in [1.165, 1.54) is 32.4 Å². The molecule has 1 fully saturated rings. The molecule has 0 N–H and O–H groups in total. The van der Waals surface area contributed by atoms with Gasteiger partial charge in [-0.2, -0.15) is 43.9 Å². The first-order valence-electron chi connectivity index (χ1n) is 10.4. The van der Waals surface area contributed by atoms with E-state index < -0.39 is 51.7 Å². The molecule has 0 aromatic heterocycles. The van der Waals surface area contributed by atoms with Gasteiger partial charge in [-0.1, -0.05) is 0 Å². The molecular weight excluding hydrogens is 614 g/mol. The van der Waals surface area contributed by atoms with Gasteiger partial charge in [0.05, 0.1) is 19.1 Å². The quantitative estimate of drug-likeness (QED) is 0.200. The van der Waals surface area contributed by atoms with E-state index in [1.54, 1.807) is 21.3 Å². The fourth-order valence-electron chi connectivity index (χ4n) is 3.34. The van der Waals surface area contributed by atoms with Gasteiger partial charge in [0.1, 0.15) is 6.17 Å². The molecule has 0 aromatic carbocycles. The third-order valence-corrected chi connectivity index (χ3v) is 12.0. The van der Waals surface area contributed by atoms with E-state index in [2.05, 4.69) is 13.8 Å². The smallest absolute Gasteiger partial charge is 0.425 e. The van der Waals surface area contributed by atoms with Crippen LogP contribution in [0.2, 0.25) is 0 Å².